The van der Waals surface area contributed by atoms with Crippen molar-refractivity contribution in [3.05, 3.63) is 138 Å². The quantitative estimate of drug-likeness (QED) is 0.190. The fourth-order valence-corrected chi connectivity index (χ4v) is 7.17. The standard InChI is InChI=1S/C36H30N10O2/c37-21-26-6-8-27(9-7-26)31(47)18-32-40-36(19-24-10-14-38-15-11-24,20-25-12-16-39-17-13-25)34(48)45(32)33-29-22-44(23-30(29)33)35-41-42-43-46(35)28-4-2-1-3-5-28/h1-18,29-30,33,40H,19-20,22-23H2. The van der Waals surface area contributed by atoms with E-state index < -0.39 is 5.54 Å². The number of anilines is 1. The molecular weight excluding hydrogens is 604 g/mol. The van der Waals surface area contributed by atoms with Crippen molar-refractivity contribution in [3.63, 3.8) is 0 Å². The van der Waals surface area contributed by atoms with Gasteiger partial charge in [0, 0.05) is 80.2 Å². The molecule has 12 heteroatoms. The first-order valence-corrected chi connectivity index (χ1v) is 15.8. The minimum atomic E-state index is -1.05. The number of pyridine rings is 2. The second-order valence-electron chi connectivity index (χ2n) is 12.5. The number of rotatable bonds is 9. The highest BCUT2D eigenvalue weighted by atomic mass is 16.2. The highest BCUT2D eigenvalue weighted by Crippen LogP contribution is 2.52. The Morgan fingerprint density at radius 2 is 1.52 bits per heavy atom. The van der Waals surface area contributed by atoms with Gasteiger partial charge in [-0.25, -0.2) is 0 Å². The number of hydrogen-bond acceptors (Lipinski definition) is 10. The van der Waals surface area contributed by atoms with Crippen LogP contribution in [0.25, 0.3) is 5.69 Å². The van der Waals surface area contributed by atoms with Gasteiger partial charge in [-0.15, -0.1) is 0 Å². The van der Waals surface area contributed by atoms with Crippen LogP contribution in [0.3, 0.4) is 0 Å². The summed E-state index contributed by atoms with van der Waals surface area (Å²) < 4.78 is 1.73. The van der Waals surface area contributed by atoms with Crippen LogP contribution in [0.2, 0.25) is 0 Å². The Morgan fingerprint density at radius 1 is 0.896 bits per heavy atom. The van der Waals surface area contributed by atoms with Gasteiger partial charge in [0.15, 0.2) is 5.78 Å². The fourth-order valence-electron chi connectivity index (χ4n) is 7.17. The predicted octanol–water partition coefficient (Wildman–Crippen LogP) is 3.14. The summed E-state index contributed by atoms with van der Waals surface area (Å²) >= 11 is 0. The molecule has 1 amide bonds. The minimum Gasteiger partial charge on any atom is -0.357 e. The van der Waals surface area contributed by atoms with Crippen molar-refractivity contribution in [2.24, 2.45) is 11.8 Å². The molecule has 1 saturated carbocycles. The van der Waals surface area contributed by atoms with Crippen LogP contribution in [0.4, 0.5) is 5.95 Å². The van der Waals surface area contributed by atoms with Gasteiger partial charge >= 0.3 is 0 Å². The van der Waals surface area contributed by atoms with Gasteiger partial charge in [0.2, 0.25) is 5.95 Å². The number of nitrogens with zero attached hydrogens (tertiary/aromatic N) is 9. The molecule has 0 spiro atoms. The lowest BCUT2D eigenvalue weighted by atomic mass is 9.85. The van der Waals surface area contributed by atoms with Crippen molar-refractivity contribution < 1.29 is 9.59 Å². The number of ketones is 1. The summed E-state index contributed by atoms with van der Waals surface area (Å²) in [6.07, 6.45) is 9.22. The van der Waals surface area contributed by atoms with E-state index in [1.54, 1.807) is 53.7 Å². The Morgan fingerprint density at radius 3 is 2.12 bits per heavy atom. The molecule has 3 fully saturated rings. The number of para-hydroxylation sites is 1. The second kappa shape index (κ2) is 11.9. The van der Waals surface area contributed by atoms with Gasteiger partial charge in [0.1, 0.15) is 11.4 Å². The number of carbonyl (C=O) groups excluding carboxylic acids is 2. The normalized spacial score (nSPS) is 21.5. The molecule has 1 N–H and O–H groups in total. The van der Waals surface area contributed by atoms with Gasteiger partial charge < -0.3 is 10.2 Å². The van der Waals surface area contributed by atoms with Crippen molar-refractivity contribution in [1.29, 1.82) is 5.26 Å². The molecule has 0 bridgehead atoms. The third kappa shape index (κ3) is 5.25. The summed E-state index contributed by atoms with van der Waals surface area (Å²) in [5.41, 5.74) is 2.64. The number of aromatic nitrogens is 6. The Balaban J connectivity index is 1.13. The topological polar surface area (TPSA) is 146 Å². The molecule has 3 aromatic heterocycles. The molecule has 0 radical (unpaired) electrons. The van der Waals surface area contributed by atoms with Crippen LogP contribution in [0.5, 0.6) is 0 Å². The largest absolute Gasteiger partial charge is 0.357 e. The maximum atomic E-state index is 14.9. The molecule has 12 nitrogen and oxygen atoms in total. The van der Waals surface area contributed by atoms with Crippen LogP contribution in [-0.4, -0.2) is 71.4 Å². The van der Waals surface area contributed by atoms with Gasteiger partial charge in [0.25, 0.3) is 5.91 Å². The summed E-state index contributed by atoms with van der Waals surface area (Å²) in [7, 11) is 0. The van der Waals surface area contributed by atoms with Crippen molar-refractivity contribution in [2.75, 3.05) is 18.0 Å². The fraction of sp³-hybridized carbons (Fsp3) is 0.222. The number of nitriles is 1. The number of fused-ring (bicyclic) bond motifs is 1. The van der Waals surface area contributed by atoms with Crippen molar-refractivity contribution in [1.82, 2.24) is 40.4 Å². The van der Waals surface area contributed by atoms with E-state index in [0.717, 1.165) is 16.8 Å². The number of piperidine rings is 1. The van der Waals surface area contributed by atoms with Crippen LogP contribution in [0.15, 0.2) is 116 Å². The van der Waals surface area contributed by atoms with Crippen molar-refractivity contribution >= 4 is 17.6 Å². The highest BCUT2D eigenvalue weighted by molar-refractivity contribution is 6.06. The first kappa shape index (κ1) is 29.2. The molecule has 2 unspecified atom stereocenters. The number of tetrazole rings is 1. The van der Waals surface area contributed by atoms with Gasteiger partial charge in [-0.2, -0.15) is 9.94 Å². The summed E-state index contributed by atoms with van der Waals surface area (Å²) in [5, 5.41) is 25.3. The molecule has 2 atom stereocenters. The van der Waals surface area contributed by atoms with Crippen molar-refractivity contribution in [2.45, 2.75) is 24.4 Å². The predicted molar refractivity (Wildman–Crippen MR) is 174 cm³/mol. The SMILES string of the molecule is N#Cc1ccc(C(=O)C=C2NC(Cc3ccncc3)(Cc3ccncc3)C(=O)N2C2C3CN(c4nnnn4-c4ccccc4)CC32)cc1. The lowest BCUT2D eigenvalue weighted by molar-refractivity contribution is -0.132. The van der Waals surface area contributed by atoms with Crippen molar-refractivity contribution in [3.8, 4) is 11.8 Å². The first-order valence-electron chi connectivity index (χ1n) is 15.8. The third-order valence-electron chi connectivity index (χ3n) is 9.52. The van der Waals surface area contributed by atoms with Crippen LogP contribution in [0.1, 0.15) is 27.0 Å². The Bertz CT molecular complexity index is 1990. The molecule has 5 aromatic rings. The van der Waals surface area contributed by atoms with Crippen LogP contribution >= 0.6 is 0 Å². The molecule has 2 aliphatic heterocycles. The molecule has 2 aromatic carbocycles. The smallest absolute Gasteiger partial charge is 0.254 e. The Hall–Kier alpha value is -6.22. The van der Waals surface area contributed by atoms with E-state index in [2.05, 4.69) is 41.8 Å². The van der Waals surface area contributed by atoms with Gasteiger partial charge in [-0.3, -0.25) is 24.5 Å². The van der Waals surface area contributed by atoms with E-state index in [-0.39, 0.29) is 29.6 Å². The number of amides is 1. The molecular formula is C36H30N10O2. The maximum absolute atomic E-state index is 14.9. The highest BCUT2D eigenvalue weighted by Gasteiger charge is 2.65. The number of allylic oxidation sites excluding steroid dienone is 1. The summed E-state index contributed by atoms with van der Waals surface area (Å²) in [4.78, 5) is 40.9. The van der Waals surface area contributed by atoms with E-state index in [1.165, 1.54) is 6.08 Å². The minimum absolute atomic E-state index is 0.0740. The second-order valence-corrected chi connectivity index (χ2v) is 12.5. The first-order chi connectivity index (χ1) is 23.5. The number of hydrogen-bond donors (Lipinski definition) is 1. The zero-order chi connectivity index (χ0) is 32.7. The maximum Gasteiger partial charge on any atom is 0.254 e. The van der Waals surface area contributed by atoms with Crippen LogP contribution in [0, 0.1) is 23.2 Å². The molecule has 236 valence electrons. The monoisotopic (exact) mass is 634 g/mol. The Labute approximate surface area is 276 Å². The number of nitrogens with one attached hydrogen (secondary N) is 1. The van der Waals surface area contributed by atoms with Gasteiger partial charge in [-0.1, -0.05) is 23.3 Å². The van der Waals surface area contributed by atoms with E-state index in [9.17, 15) is 14.9 Å². The van der Waals surface area contributed by atoms with E-state index in [1.807, 2.05) is 59.5 Å². The van der Waals surface area contributed by atoms with E-state index >= 15 is 0 Å². The van der Waals surface area contributed by atoms with Crippen LogP contribution < -0.4 is 10.2 Å². The average Bonchev–Trinajstić information content (AvgIpc) is 3.48. The van der Waals surface area contributed by atoms with Crippen LogP contribution in [-0.2, 0) is 17.6 Å². The number of benzene rings is 2. The molecule has 48 heavy (non-hydrogen) atoms. The molecule has 3 aliphatic rings. The lowest BCUT2D eigenvalue weighted by Gasteiger charge is -2.28. The van der Waals surface area contributed by atoms with E-state index in [4.69, 9.17) is 0 Å². The lowest BCUT2D eigenvalue weighted by Crippen LogP contribution is -2.51. The summed E-state index contributed by atoms with van der Waals surface area (Å²) in [6, 6.07) is 25.9. The molecule has 2 saturated heterocycles. The summed E-state index contributed by atoms with van der Waals surface area (Å²) in [6.45, 7) is 1.34. The Kier molecular flexibility index (Phi) is 7.21. The van der Waals surface area contributed by atoms with E-state index in [0.29, 0.717) is 48.8 Å². The van der Waals surface area contributed by atoms with Gasteiger partial charge in [-0.05, 0) is 82.2 Å². The third-order valence-corrected chi connectivity index (χ3v) is 9.52. The molecule has 5 heterocycles. The summed E-state index contributed by atoms with van der Waals surface area (Å²) in [5.74, 6) is 1.16. The average molecular weight is 635 g/mol. The number of carbonyl (C=O) groups is 2. The molecule has 1 aliphatic carbocycles. The zero-order valence-corrected chi connectivity index (χ0v) is 25.8. The zero-order valence-electron chi connectivity index (χ0n) is 25.8. The van der Waals surface area contributed by atoms with Gasteiger partial charge in [0.05, 0.1) is 17.3 Å². The molecule has 8 rings (SSSR count).